The minimum absolute atomic E-state index is 0.116. The highest BCUT2D eigenvalue weighted by molar-refractivity contribution is 7.85. The Balaban J connectivity index is 2.26. The van der Waals surface area contributed by atoms with E-state index in [2.05, 4.69) is 46.0 Å². The molecule has 2 rings (SSSR count). The second-order valence-electron chi connectivity index (χ2n) is 8.10. The van der Waals surface area contributed by atoms with Crippen molar-refractivity contribution in [3.8, 4) is 0 Å². The molecule has 136 valence electrons. The molecule has 0 fully saturated rings. The Kier molecular flexibility index (Phi) is 6.41. The molecule has 0 radical (unpaired) electrons. The molecule has 0 aliphatic rings. The van der Waals surface area contributed by atoms with Crippen LogP contribution in [0.25, 0.3) is 0 Å². The van der Waals surface area contributed by atoms with Crippen LogP contribution in [0.1, 0.15) is 38.0 Å². The van der Waals surface area contributed by atoms with Crippen LogP contribution in [-0.4, -0.2) is 18.3 Å². The molecule has 2 aromatic carbocycles. The van der Waals surface area contributed by atoms with Crippen molar-refractivity contribution in [2.75, 3.05) is 5.75 Å². The van der Waals surface area contributed by atoms with E-state index in [1.54, 1.807) is 0 Å². The largest absolute Gasteiger partial charge is 0.409 e. The van der Waals surface area contributed by atoms with Gasteiger partial charge in [-0.05, 0) is 42.8 Å². The van der Waals surface area contributed by atoms with E-state index in [0.717, 1.165) is 10.5 Å². The van der Waals surface area contributed by atoms with E-state index in [1.165, 1.54) is 5.56 Å². The van der Waals surface area contributed by atoms with Crippen molar-refractivity contribution in [1.82, 2.24) is 0 Å². The van der Waals surface area contributed by atoms with Crippen molar-refractivity contribution in [2.45, 2.75) is 56.8 Å². The van der Waals surface area contributed by atoms with E-state index in [4.69, 9.17) is 4.43 Å². The van der Waals surface area contributed by atoms with Crippen LogP contribution < -0.4 is 0 Å². The van der Waals surface area contributed by atoms with Gasteiger partial charge in [0.1, 0.15) is 0 Å². The third-order valence-electron chi connectivity index (χ3n) is 5.00. The zero-order valence-corrected chi connectivity index (χ0v) is 18.0. The van der Waals surface area contributed by atoms with Gasteiger partial charge < -0.3 is 4.43 Å². The molecule has 0 saturated carbocycles. The Morgan fingerprint density at radius 3 is 2.08 bits per heavy atom. The molecule has 0 aliphatic carbocycles. The second-order valence-corrected chi connectivity index (χ2v) is 14.4. The van der Waals surface area contributed by atoms with Gasteiger partial charge in [-0.25, -0.2) is 0 Å². The fourth-order valence-electron chi connectivity index (χ4n) is 2.32. The maximum atomic E-state index is 12.9. The molecule has 0 unspecified atom stereocenters. The SMILES string of the molecule is Cc1ccc([S@](=O)C[C@H](O[Si](C)(C)C(C)(C)C)c2ccccc2)cc1. The Hall–Kier alpha value is -1.23. The normalized spacial score (nSPS) is 15.0. The summed E-state index contributed by atoms with van der Waals surface area (Å²) in [6, 6.07) is 18.1. The average molecular weight is 375 g/mol. The highest BCUT2D eigenvalue weighted by atomic mass is 32.2. The number of benzene rings is 2. The van der Waals surface area contributed by atoms with Crippen molar-refractivity contribution in [1.29, 1.82) is 0 Å². The first-order valence-electron chi connectivity index (χ1n) is 8.78. The molecule has 0 heterocycles. The van der Waals surface area contributed by atoms with Crippen molar-refractivity contribution in [3.63, 3.8) is 0 Å². The summed E-state index contributed by atoms with van der Waals surface area (Å²) in [6.45, 7) is 13.2. The van der Waals surface area contributed by atoms with Gasteiger partial charge in [0.2, 0.25) is 0 Å². The van der Waals surface area contributed by atoms with Crippen LogP contribution in [0.4, 0.5) is 0 Å². The van der Waals surface area contributed by atoms with Crippen molar-refractivity contribution in [3.05, 3.63) is 65.7 Å². The fraction of sp³-hybridized carbons (Fsp3) is 0.429. The van der Waals surface area contributed by atoms with Gasteiger partial charge in [0.05, 0.1) is 22.7 Å². The van der Waals surface area contributed by atoms with Gasteiger partial charge in [0.25, 0.3) is 0 Å². The van der Waals surface area contributed by atoms with Gasteiger partial charge >= 0.3 is 0 Å². The zero-order chi connectivity index (χ0) is 18.7. The van der Waals surface area contributed by atoms with Crippen molar-refractivity contribution >= 4 is 19.1 Å². The van der Waals surface area contributed by atoms with Gasteiger partial charge in [-0.1, -0.05) is 68.8 Å². The van der Waals surface area contributed by atoms with E-state index < -0.39 is 19.1 Å². The van der Waals surface area contributed by atoms with Crippen LogP contribution in [0.5, 0.6) is 0 Å². The van der Waals surface area contributed by atoms with Gasteiger partial charge in [0.15, 0.2) is 8.32 Å². The van der Waals surface area contributed by atoms with Gasteiger partial charge in [0, 0.05) is 4.90 Å². The molecule has 0 aliphatic heterocycles. The zero-order valence-electron chi connectivity index (χ0n) is 16.2. The quantitative estimate of drug-likeness (QED) is 0.591. The van der Waals surface area contributed by atoms with E-state index >= 15 is 0 Å². The Morgan fingerprint density at radius 1 is 1.00 bits per heavy atom. The summed E-state index contributed by atoms with van der Waals surface area (Å²) >= 11 is 0. The number of rotatable bonds is 6. The smallest absolute Gasteiger partial charge is 0.192 e. The van der Waals surface area contributed by atoms with Crippen molar-refractivity contribution in [2.24, 2.45) is 0 Å². The topological polar surface area (TPSA) is 26.3 Å². The first-order chi connectivity index (χ1) is 11.6. The van der Waals surface area contributed by atoms with E-state index in [0.29, 0.717) is 5.75 Å². The fourth-order valence-corrected chi connectivity index (χ4v) is 4.89. The summed E-state index contributed by atoms with van der Waals surface area (Å²) < 4.78 is 19.6. The van der Waals surface area contributed by atoms with Crippen LogP contribution in [0.2, 0.25) is 18.1 Å². The standard InChI is InChI=1S/C21H30O2SSi/c1-17-12-14-19(15-13-17)24(22)16-20(18-10-8-7-9-11-18)23-25(5,6)21(2,3)4/h7-15,20H,16H2,1-6H3/t20-,24+/m0/s1. The maximum Gasteiger partial charge on any atom is 0.192 e. The van der Waals surface area contributed by atoms with Crippen LogP contribution in [0.3, 0.4) is 0 Å². The Labute approximate surface area is 156 Å². The van der Waals surface area contributed by atoms with Crippen LogP contribution in [0, 0.1) is 6.92 Å². The third-order valence-corrected chi connectivity index (χ3v) is 10.9. The lowest BCUT2D eigenvalue weighted by Gasteiger charge is -2.39. The lowest BCUT2D eigenvalue weighted by Crippen LogP contribution is -2.42. The molecule has 0 aromatic heterocycles. The van der Waals surface area contributed by atoms with E-state index in [-0.39, 0.29) is 11.1 Å². The molecule has 2 aromatic rings. The molecular formula is C21H30O2SSi. The predicted molar refractivity (Wildman–Crippen MR) is 110 cm³/mol. The minimum atomic E-state index is -1.96. The molecule has 0 saturated heterocycles. The Bertz CT molecular complexity index is 703. The highest BCUT2D eigenvalue weighted by Crippen LogP contribution is 2.40. The molecule has 2 atom stereocenters. The Morgan fingerprint density at radius 2 is 1.56 bits per heavy atom. The highest BCUT2D eigenvalue weighted by Gasteiger charge is 2.39. The lowest BCUT2D eigenvalue weighted by atomic mass is 10.1. The molecule has 25 heavy (non-hydrogen) atoms. The predicted octanol–water partition coefficient (Wildman–Crippen LogP) is 5.87. The summed E-state index contributed by atoms with van der Waals surface area (Å²) in [7, 11) is -3.05. The number of hydrogen-bond acceptors (Lipinski definition) is 2. The van der Waals surface area contributed by atoms with Crippen LogP contribution in [-0.2, 0) is 15.2 Å². The molecule has 0 spiro atoms. The molecule has 0 bridgehead atoms. The summed E-state index contributed by atoms with van der Waals surface area (Å²) in [5.74, 6) is 0.486. The average Bonchev–Trinajstić information content (AvgIpc) is 2.54. The summed E-state index contributed by atoms with van der Waals surface area (Å²) in [5, 5.41) is 0.116. The van der Waals surface area contributed by atoms with Gasteiger partial charge in [-0.2, -0.15) is 0 Å². The molecule has 0 amide bonds. The van der Waals surface area contributed by atoms with E-state index in [1.807, 2.05) is 49.4 Å². The molecule has 0 N–H and O–H groups in total. The minimum Gasteiger partial charge on any atom is -0.409 e. The van der Waals surface area contributed by atoms with Gasteiger partial charge in [-0.3, -0.25) is 4.21 Å². The molecule has 2 nitrogen and oxygen atoms in total. The number of aryl methyl sites for hydroxylation is 1. The third kappa shape index (κ3) is 5.37. The van der Waals surface area contributed by atoms with Gasteiger partial charge in [-0.15, -0.1) is 0 Å². The first kappa shape index (κ1) is 20.1. The monoisotopic (exact) mass is 374 g/mol. The summed E-state index contributed by atoms with van der Waals surface area (Å²) in [4.78, 5) is 0.866. The lowest BCUT2D eigenvalue weighted by molar-refractivity contribution is 0.206. The second kappa shape index (κ2) is 7.98. The number of hydrogen-bond donors (Lipinski definition) is 0. The molecular weight excluding hydrogens is 344 g/mol. The van der Waals surface area contributed by atoms with Crippen LogP contribution >= 0.6 is 0 Å². The summed E-state index contributed by atoms with van der Waals surface area (Å²) in [6.07, 6.45) is -0.149. The first-order valence-corrected chi connectivity index (χ1v) is 13.0. The van der Waals surface area contributed by atoms with Crippen molar-refractivity contribution < 1.29 is 8.63 Å². The summed E-state index contributed by atoms with van der Waals surface area (Å²) in [5.41, 5.74) is 2.28. The maximum absolute atomic E-state index is 12.9. The molecule has 4 heteroatoms. The van der Waals surface area contributed by atoms with E-state index in [9.17, 15) is 4.21 Å². The van der Waals surface area contributed by atoms with Crippen LogP contribution in [0.15, 0.2) is 59.5 Å².